The summed E-state index contributed by atoms with van der Waals surface area (Å²) in [6.45, 7) is 0. The van der Waals surface area contributed by atoms with Crippen LogP contribution in [0.5, 0.6) is 0 Å². The second-order valence-electron chi connectivity index (χ2n) is 12.6. The molecule has 0 N–H and O–H groups in total. The van der Waals surface area contributed by atoms with Gasteiger partial charge in [0.25, 0.3) is 0 Å². The molecule has 0 saturated carbocycles. The zero-order valence-electron chi connectivity index (χ0n) is 27.1. The molecular weight excluding hydrogens is 595 g/mol. The first-order chi connectivity index (χ1) is 24.0. The lowest BCUT2D eigenvalue weighted by Crippen LogP contribution is -2.55. The summed E-state index contributed by atoms with van der Waals surface area (Å²) in [5, 5.41) is 2.72. The highest BCUT2D eigenvalue weighted by Crippen LogP contribution is 2.44. The largest absolute Gasteiger partial charge is 0.298 e. The third kappa shape index (κ3) is 5.11. The molecule has 8 aromatic rings. The van der Waals surface area contributed by atoms with Crippen LogP contribution in [-0.2, 0) is 5.11 Å². The first-order valence-electron chi connectivity index (χ1n) is 16.1. The normalized spacial score (nSPS) is 11.8. The molecule has 0 spiro atoms. The van der Waals surface area contributed by atoms with Gasteiger partial charge in [0.05, 0.1) is 40.4 Å². The van der Waals surface area contributed by atoms with Gasteiger partial charge in [-0.2, -0.15) is 0 Å². The van der Waals surface area contributed by atoms with Crippen molar-refractivity contribution in [3.63, 3.8) is 0 Å². The van der Waals surface area contributed by atoms with Crippen LogP contribution in [0.2, 0.25) is 0 Å². The summed E-state index contributed by atoms with van der Waals surface area (Å²) in [6, 6.07) is 41.0. The van der Waals surface area contributed by atoms with E-state index < -0.39 is 5.11 Å². The van der Waals surface area contributed by atoms with Gasteiger partial charge in [-0.15, -0.1) is 16.4 Å². The van der Waals surface area contributed by atoms with Crippen molar-refractivity contribution >= 4 is 123 Å². The summed E-state index contributed by atoms with van der Waals surface area (Å²) in [7, 11) is 50.1. The fourth-order valence-corrected chi connectivity index (χ4v) is 7.10. The van der Waals surface area contributed by atoms with Gasteiger partial charge < -0.3 is 0 Å². The predicted octanol–water partition coefficient (Wildman–Crippen LogP) is 2.92. The second kappa shape index (κ2) is 12.1. The molecule has 0 unspecified atom stereocenters. The molecule has 0 fully saturated rings. The first kappa shape index (κ1) is 32.3. The Labute approximate surface area is 302 Å². The van der Waals surface area contributed by atoms with Crippen LogP contribution < -0.4 is 27.3 Å². The van der Waals surface area contributed by atoms with E-state index in [0.29, 0.717) is 22.3 Å². The molecule has 16 radical (unpaired) electrons. The third-order valence-corrected chi connectivity index (χ3v) is 9.43. The Kier molecular flexibility index (Phi) is 7.83. The van der Waals surface area contributed by atoms with Crippen molar-refractivity contribution in [2.45, 2.75) is 5.11 Å². The van der Waals surface area contributed by atoms with E-state index in [0.717, 1.165) is 66.1 Å². The van der Waals surface area contributed by atoms with Crippen LogP contribution in [0.3, 0.4) is 0 Å². The summed E-state index contributed by atoms with van der Waals surface area (Å²) >= 11 is 0. The highest BCUT2D eigenvalue weighted by molar-refractivity contribution is 6.68. The molecule has 0 bridgehead atoms. The van der Waals surface area contributed by atoms with E-state index in [-0.39, 0.29) is 16.4 Å². The van der Waals surface area contributed by atoms with E-state index in [1.165, 1.54) is 0 Å². The Hall–Kier alpha value is -4.95. The number of benzene rings is 7. The van der Waals surface area contributed by atoms with Crippen LogP contribution in [0.15, 0.2) is 121 Å². The summed E-state index contributed by atoms with van der Waals surface area (Å²) in [6.07, 6.45) is 0. The minimum absolute atomic E-state index is 0.186. The van der Waals surface area contributed by atoms with E-state index in [1.807, 2.05) is 53.1 Å². The van der Waals surface area contributed by atoms with E-state index in [1.54, 1.807) is 0 Å². The molecule has 1 heterocycles. The summed E-state index contributed by atoms with van der Waals surface area (Å²) in [5.41, 5.74) is 9.22. The summed E-state index contributed by atoms with van der Waals surface area (Å²) < 4.78 is 1.91. The third-order valence-electron chi connectivity index (χ3n) is 9.43. The monoisotopic (exact) mass is 616 g/mol. The van der Waals surface area contributed by atoms with E-state index >= 15 is 0 Å². The van der Waals surface area contributed by atoms with Gasteiger partial charge in [0.15, 0.2) is 0 Å². The quantitative estimate of drug-likeness (QED) is 0.215. The number of hydrogen-bond acceptors (Lipinski definition) is 1. The lowest BCUT2D eigenvalue weighted by molar-refractivity contribution is 0.929. The standard InChI is InChI=1S/C40H20B8N2/c41-34-33(35(42)37(44)38(45)36(34)43)23-9-7-8-22(20-23)32-27-12-3-1-10-25(27)31(26-11-2-4-13-28(26)32)21-16-18-24(19-17-21)50-30-15-6-5-14-29(30)49-39(50)40(46,47)48/h1-20H. The molecule has 0 aliphatic carbocycles. The van der Waals surface area contributed by atoms with Crippen LogP contribution in [0.4, 0.5) is 0 Å². The Morgan fingerprint density at radius 1 is 0.440 bits per heavy atom. The molecule has 0 amide bonds. The highest BCUT2D eigenvalue weighted by atomic mass is 15.1. The Morgan fingerprint density at radius 2 is 0.900 bits per heavy atom. The Morgan fingerprint density at radius 3 is 1.44 bits per heavy atom. The van der Waals surface area contributed by atoms with Crippen LogP contribution in [0.1, 0.15) is 5.82 Å². The van der Waals surface area contributed by atoms with Gasteiger partial charge in [0, 0.05) is 5.69 Å². The molecule has 0 aliphatic heterocycles. The number of imidazole rings is 1. The molecule has 10 heteroatoms. The van der Waals surface area contributed by atoms with Gasteiger partial charge in [0.2, 0.25) is 0 Å². The predicted molar refractivity (Wildman–Crippen MR) is 218 cm³/mol. The van der Waals surface area contributed by atoms with Crippen molar-refractivity contribution in [2.75, 3.05) is 0 Å². The van der Waals surface area contributed by atoms with Gasteiger partial charge in [-0.1, -0.05) is 107 Å². The molecule has 0 aliphatic rings. The van der Waals surface area contributed by atoms with Crippen molar-refractivity contribution < 1.29 is 0 Å². The second-order valence-corrected chi connectivity index (χ2v) is 12.6. The molecule has 8 rings (SSSR count). The number of hydrogen-bond donors (Lipinski definition) is 0. The number of para-hydroxylation sites is 2. The van der Waals surface area contributed by atoms with E-state index in [4.69, 9.17) is 62.8 Å². The lowest BCUT2D eigenvalue weighted by Gasteiger charge is -2.22. The number of nitrogens with zero attached hydrogens (tertiary/aromatic N) is 2. The molecular formula is C40H20B8N2. The molecule has 7 aromatic carbocycles. The highest BCUT2D eigenvalue weighted by Gasteiger charge is 2.23. The number of rotatable bonds is 5. The topological polar surface area (TPSA) is 17.8 Å². The van der Waals surface area contributed by atoms with Gasteiger partial charge in [0.1, 0.15) is 39.2 Å². The van der Waals surface area contributed by atoms with Gasteiger partial charge in [-0.3, -0.25) is 4.57 Å². The SMILES string of the molecule is [B]c1c([B])c([B])c(-c2cccc(-c3c4ccccc4c(-c4ccc(-n5c(C([B])([B])[B])nc6ccccc65)cc4)c4ccccc34)c2)c([B])c1[B]. The van der Waals surface area contributed by atoms with Gasteiger partial charge in [-0.05, 0) is 85.3 Å². The Balaban J connectivity index is 1.33. The summed E-state index contributed by atoms with van der Waals surface area (Å²) in [4.78, 5) is 4.66. The zero-order valence-corrected chi connectivity index (χ0v) is 27.1. The van der Waals surface area contributed by atoms with Crippen LogP contribution in [0.25, 0.3) is 71.6 Å². The minimum atomic E-state index is -1.64. The van der Waals surface area contributed by atoms with Crippen molar-refractivity contribution in [1.29, 1.82) is 0 Å². The van der Waals surface area contributed by atoms with Crippen LogP contribution >= 0.6 is 0 Å². The van der Waals surface area contributed by atoms with Crippen molar-refractivity contribution in [3.05, 3.63) is 127 Å². The number of aromatic nitrogens is 2. The minimum Gasteiger partial charge on any atom is -0.298 e. The lowest BCUT2D eigenvalue weighted by atomic mass is 9.42. The summed E-state index contributed by atoms with van der Waals surface area (Å²) in [5.74, 6) is 0.363. The Bertz CT molecular complexity index is 2550. The first-order valence-corrected chi connectivity index (χ1v) is 16.1. The fourth-order valence-electron chi connectivity index (χ4n) is 7.10. The van der Waals surface area contributed by atoms with E-state index in [2.05, 4.69) is 77.8 Å². The van der Waals surface area contributed by atoms with Crippen molar-refractivity contribution in [3.8, 4) is 39.1 Å². The van der Waals surface area contributed by atoms with Crippen molar-refractivity contribution in [2.24, 2.45) is 0 Å². The number of fused-ring (bicyclic) bond motifs is 3. The maximum Gasteiger partial charge on any atom is 0.113 e. The maximum atomic E-state index is 6.47. The molecule has 1 aromatic heterocycles. The van der Waals surface area contributed by atoms with Crippen LogP contribution in [-0.4, -0.2) is 72.3 Å². The fraction of sp³-hybridized carbons (Fsp3) is 0.0250. The van der Waals surface area contributed by atoms with Crippen LogP contribution in [0, 0.1) is 0 Å². The molecule has 2 nitrogen and oxygen atoms in total. The van der Waals surface area contributed by atoms with Gasteiger partial charge >= 0.3 is 0 Å². The van der Waals surface area contributed by atoms with Crippen molar-refractivity contribution in [1.82, 2.24) is 9.55 Å². The van der Waals surface area contributed by atoms with E-state index in [9.17, 15) is 0 Å². The molecule has 50 heavy (non-hydrogen) atoms. The average molecular weight is 615 g/mol. The average Bonchev–Trinajstić information content (AvgIpc) is 3.53. The molecule has 0 saturated heterocycles. The van der Waals surface area contributed by atoms with Gasteiger partial charge in [-0.25, -0.2) is 4.98 Å². The smallest absolute Gasteiger partial charge is 0.113 e. The molecule has 0 atom stereocenters. The zero-order chi connectivity index (χ0) is 34.9. The molecule has 214 valence electrons. The maximum absolute atomic E-state index is 6.47.